The van der Waals surface area contributed by atoms with Gasteiger partial charge in [-0.3, -0.25) is 14.6 Å². The molecule has 9 heteroatoms. The van der Waals surface area contributed by atoms with Crippen molar-refractivity contribution in [3.8, 4) is 0 Å². The number of aliphatic hydroxyl groups is 1. The lowest BCUT2D eigenvalue weighted by atomic mass is 9.96. The zero-order chi connectivity index (χ0) is 20.8. The van der Waals surface area contributed by atoms with E-state index >= 15 is 0 Å². The fourth-order valence-corrected chi connectivity index (χ4v) is 5.69. The van der Waals surface area contributed by atoms with Crippen molar-refractivity contribution in [2.45, 2.75) is 18.5 Å². The third-order valence-corrected chi connectivity index (χ3v) is 7.20. The number of sulfone groups is 1. The molecule has 0 spiro atoms. The van der Waals surface area contributed by atoms with Crippen LogP contribution < -0.4 is 0 Å². The van der Waals surface area contributed by atoms with Crippen LogP contribution >= 0.6 is 11.6 Å². The lowest BCUT2D eigenvalue weighted by Gasteiger charge is -2.29. The summed E-state index contributed by atoms with van der Waals surface area (Å²) in [7, 11) is -3.29. The van der Waals surface area contributed by atoms with Crippen LogP contribution in [0.4, 0.5) is 0 Å². The van der Waals surface area contributed by atoms with Crippen molar-refractivity contribution >= 4 is 38.9 Å². The number of likely N-dealkylation sites (tertiary alicyclic amines) is 1. The molecule has 2 saturated heterocycles. The maximum Gasteiger partial charge on any atom is 0.295 e. The molecule has 4 rings (SSSR count). The minimum atomic E-state index is -3.29. The summed E-state index contributed by atoms with van der Waals surface area (Å²) in [5.74, 6) is -2.26. The standard InChI is InChI=1S/C20H17ClN2O5S/c21-14-5-3-12(4-6-14)18(24)16-17(13-2-1-8-22-10-13)23(20(26)19(16)25)15-7-9-29(27,28)11-15/h1-6,8,10,15,17,24H,7,9,11H2/b18-16+/t15-,17-/m0/s1. The van der Waals surface area contributed by atoms with E-state index in [4.69, 9.17) is 11.6 Å². The minimum absolute atomic E-state index is 0.0440. The number of aliphatic hydroxyl groups excluding tert-OH is 1. The van der Waals surface area contributed by atoms with Gasteiger partial charge in [0.05, 0.1) is 23.1 Å². The number of ketones is 1. The number of Topliss-reactive ketones (excluding diaryl/α,β-unsaturated/α-hetero) is 1. The first-order valence-corrected chi connectivity index (χ1v) is 11.1. The zero-order valence-corrected chi connectivity index (χ0v) is 16.7. The molecule has 0 radical (unpaired) electrons. The second-order valence-electron chi connectivity index (χ2n) is 7.06. The quantitative estimate of drug-likeness (QED) is 0.453. The fourth-order valence-electron chi connectivity index (χ4n) is 3.85. The van der Waals surface area contributed by atoms with Crippen LogP contribution in [-0.4, -0.2) is 52.6 Å². The largest absolute Gasteiger partial charge is 0.507 e. The maximum atomic E-state index is 12.9. The van der Waals surface area contributed by atoms with E-state index in [2.05, 4.69) is 4.98 Å². The molecule has 2 aromatic rings. The molecule has 2 aliphatic rings. The molecule has 0 bridgehead atoms. The van der Waals surface area contributed by atoms with Crippen molar-refractivity contribution in [1.29, 1.82) is 0 Å². The monoisotopic (exact) mass is 432 g/mol. The molecule has 150 valence electrons. The highest BCUT2D eigenvalue weighted by molar-refractivity contribution is 7.91. The predicted molar refractivity (Wildman–Crippen MR) is 107 cm³/mol. The highest BCUT2D eigenvalue weighted by Gasteiger charge is 2.51. The molecule has 2 atom stereocenters. The Bertz CT molecular complexity index is 1110. The third-order valence-electron chi connectivity index (χ3n) is 5.20. The number of hydrogen-bond acceptors (Lipinski definition) is 6. The van der Waals surface area contributed by atoms with Gasteiger partial charge in [0.2, 0.25) is 0 Å². The zero-order valence-electron chi connectivity index (χ0n) is 15.2. The van der Waals surface area contributed by atoms with Crippen LogP contribution in [-0.2, 0) is 19.4 Å². The topological polar surface area (TPSA) is 105 Å². The summed E-state index contributed by atoms with van der Waals surface area (Å²) in [6, 6.07) is 8.01. The number of benzene rings is 1. The predicted octanol–water partition coefficient (Wildman–Crippen LogP) is 2.34. The summed E-state index contributed by atoms with van der Waals surface area (Å²) >= 11 is 5.90. The molecule has 2 fully saturated rings. The number of aromatic nitrogens is 1. The Hall–Kier alpha value is -2.71. The van der Waals surface area contributed by atoms with Gasteiger partial charge >= 0.3 is 0 Å². The number of nitrogens with zero attached hydrogens (tertiary/aromatic N) is 2. The Kier molecular flexibility index (Phi) is 4.92. The first-order chi connectivity index (χ1) is 13.8. The smallest absolute Gasteiger partial charge is 0.295 e. The SMILES string of the molecule is O=C1C(=O)N([C@H]2CCS(=O)(=O)C2)[C@@H](c2cccnc2)/C1=C(\O)c1ccc(Cl)cc1. The van der Waals surface area contributed by atoms with Crippen LogP contribution in [0.2, 0.25) is 5.02 Å². The van der Waals surface area contributed by atoms with Gasteiger partial charge in [-0.15, -0.1) is 0 Å². The minimum Gasteiger partial charge on any atom is -0.507 e. The van der Waals surface area contributed by atoms with E-state index in [0.717, 1.165) is 0 Å². The van der Waals surface area contributed by atoms with Gasteiger partial charge in [0.15, 0.2) is 9.84 Å². The summed E-state index contributed by atoms with van der Waals surface area (Å²) in [5.41, 5.74) is 0.765. The van der Waals surface area contributed by atoms with Crippen LogP contribution in [0.3, 0.4) is 0 Å². The van der Waals surface area contributed by atoms with Crippen molar-refractivity contribution < 1.29 is 23.1 Å². The highest BCUT2D eigenvalue weighted by atomic mass is 35.5. The summed E-state index contributed by atoms with van der Waals surface area (Å²) in [6.45, 7) is 0. The molecule has 1 aromatic carbocycles. The molecule has 0 aliphatic carbocycles. The molecule has 2 aliphatic heterocycles. The summed E-state index contributed by atoms with van der Waals surface area (Å²) in [5, 5.41) is 11.4. The van der Waals surface area contributed by atoms with Gasteiger partial charge in [-0.1, -0.05) is 17.7 Å². The van der Waals surface area contributed by atoms with E-state index in [9.17, 15) is 23.1 Å². The Morgan fingerprint density at radius 1 is 1.17 bits per heavy atom. The highest BCUT2D eigenvalue weighted by Crippen LogP contribution is 2.42. The van der Waals surface area contributed by atoms with Crippen LogP contribution in [0.5, 0.6) is 0 Å². The Balaban J connectivity index is 1.88. The van der Waals surface area contributed by atoms with Crippen LogP contribution in [0.15, 0.2) is 54.4 Å². The van der Waals surface area contributed by atoms with Crippen molar-refractivity contribution in [1.82, 2.24) is 9.88 Å². The molecule has 7 nitrogen and oxygen atoms in total. The number of halogens is 1. The third kappa shape index (κ3) is 3.54. The van der Waals surface area contributed by atoms with E-state index in [-0.39, 0.29) is 29.3 Å². The van der Waals surface area contributed by atoms with Crippen molar-refractivity contribution in [3.05, 3.63) is 70.5 Å². The van der Waals surface area contributed by atoms with E-state index in [1.54, 1.807) is 42.6 Å². The molecule has 1 amide bonds. The maximum absolute atomic E-state index is 12.9. The van der Waals surface area contributed by atoms with Gasteiger partial charge in [-0.2, -0.15) is 0 Å². The van der Waals surface area contributed by atoms with Crippen molar-refractivity contribution in [3.63, 3.8) is 0 Å². The van der Waals surface area contributed by atoms with E-state index in [1.807, 2.05) is 0 Å². The molecule has 1 N–H and O–H groups in total. The van der Waals surface area contributed by atoms with Gasteiger partial charge in [-0.05, 0) is 42.3 Å². The van der Waals surface area contributed by atoms with E-state index in [1.165, 1.54) is 11.1 Å². The van der Waals surface area contributed by atoms with Gasteiger partial charge in [0.1, 0.15) is 5.76 Å². The molecule has 0 unspecified atom stereocenters. The summed E-state index contributed by atoms with van der Waals surface area (Å²) in [6.07, 6.45) is 3.30. The molecule has 3 heterocycles. The van der Waals surface area contributed by atoms with E-state index < -0.39 is 33.6 Å². The second-order valence-corrected chi connectivity index (χ2v) is 9.72. The first kappa shape index (κ1) is 19.6. The molecule has 1 aromatic heterocycles. The number of rotatable bonds is 3. The lowest BCUT2D eigenvalue weighted by Crippen LogP contribution is -2.40. The second kappa shape index (κ2) is 7.27. The Labute approximate surface area is 172 Å². The van der Waals surface area contributed by atoms with Crippen molar-refractivity contribution in [2.75, 3.05) is 11.5 Å². The molecular formula is C20H17ClN2O5S. The summed E-state index contributed by atoms with van der Waals surface area (Å²) in [4.78, 5) is 31.1. The van der Waals surface area contributed by atoms with Gasteiger partial charge in [0.25, 0.3) is 11.7 Å². The first-order valence-electron chi connectivity index (χ1n) is 8.95. The Morgan fingerprint density at radius 3 is 2.48 bits per heavy atom. The van der Waals surface area contributed by atoms with Crippen molar-refractivity contribution in [2.24, 2.45) is 0 Å². The van der Waals surface area contributed by atoms with Gasteiger partial charge in [0, 0.05) is 29.0 Å². The average Bonchev–Trinajstić information content (AvgIpc) is 3.19. The molecular weight excluding hydrogens is 416 g/mol. The number of carbonyl (C=O) groups excluding carboxylic acids is 2. The van der Waals surface area contributed by atoms with Crippen LogP contribution in [0, 0.1) is 0 Å². The average molecular weight is 433 g/mol. The van der Waals surface area contributed by atoms with Gasteiger partial charge < -0.3 is 10.0 Å². The van der Waals surface area contributed by atoms with Crippen LogP contribution in [0.25, 0.3) is 5.76 Å². The fraction of sp³-hybridized carbons (Fsp3) is 0.250. The number of carbonyl (C=O) groups is 2. The van der Waals surface area contributed by atoms with Crippen LogP contribution in [0.1, 0.15) is 23.6 Å². The summed E-state index contributed by atoms with van der Waals surface area (Å²) < 4.78 is 24.0. The number of pyridine rings is 1. The Morgan fingerprint density at radius 2 is 1.90 bits per heavy atom. The normalized spacial score (nSPS) is 25.5. The van der Waals surface area contributed by atoms with Gasteiger partial charge in [-0.25, -0.2) is 8.42 Å². The number of hydrogen-bond donors (Lipinski definition) is 1. The number of amides is 1. The lowest BCUT2D eigenvalue weighted by molar-refractivity contribution is -0.141. The molecule has 29 heavy (non-hydrogen) atoms. The molecule has 0 saturated carbocycles. The van der Waals surface area contributed by atoms with E-state index in [0.29, 0.717) is 16.1 Å².